The first-order valence-electron chi connectivity index (χ1n) is 9.41. The molecule has 0 amide bonds. The van der Waals surface area contributed by atoms with Crippen molar-refractivity contribution >= 4 is 27.5 Å². The van der Waals surface area contributed by atoms with Gasteiger partial charge in [-0.3, -0.25) is 14.5 Å². The molecule has 0 saturated carbocycles. The minimum absolute atomic E-state index is 0.0751. The average molecular weight is 446 g/mol. The first-order valence-corrected chi connectivity index (χ1v) is 10.5. The summed E-state index contributed by atoms with van der Waals surface area (Å²) in [5, 5.41) is 0.790. The summed E-state index contributed by atoms with van der Waals surface area (Å²) in [6.45, 7) is 7.68. The number of hydrogen-bond acceptors (Lipinski definition) is 5. The van der Waals surface area contributed by atoms with Crippen LogP contribution in [0.2, 0.25) is 0 Å². The van der Waals surface area contributed by atoms with Gasteiger partial charge in [0.15, 0.2) is 13.2 Å². The molecule has 0 unspecified atom stereocenters. The second-order valence-electron chi connectivity index (χ2n) is 6.68. The molecular formula is C22H24BrNO4. The van der Waals surface area contributed by atoms with Gasteiger partial charge in [0.1, 0.15) is 11.5 Å². The third-order valence-electron chi connectivity index (χ3n) is 4.87. The molecule has 2 heterocycles. The zero-order chi connectivity index (χ0) is 20.1. The quantitative estimate of drug-likeness (QED) is 0.643. The summed E-state index contributed by atoms with van der Waals surface area (Å²) in [5.74, 6) is 1.63. The largest absolute Gasteiger partial charge is 0.485 e. The maximum absolute atomic E-state index is 11.4. The summed E-state index contributed by atoms with van der Waals surface area (Å²) in [4.78, 5) is 24.8. The number of carbonyl (C=O) groups excluding carboxylic acids is 2. The highest BCUT2D eigenvalue weighted by Crippen LogP contribution is 2.27. The van der Waals surface area contributed by atoms with Crippen LogP contribution in [0.5, 0.6) is 11.5 Å². The highest BCUT2D eigenvalue weighted by Gasteiger charge is 2.21. The average Bonchev–Trinajstić information content (AvgIpc) is 3.28. The van der Waals surface area contributed by atoms with Crippen LogP contribution in [-0.2, 0) is 11.9 Å². The van der Waals surface area contributed by atoms with Gasteiger partial charge in [-0.1, -0.05) is 41.9 Å². The monoisotopic (exact) mass is 445 g/mol. The van der Waals surface area contributed by atoms with E-state index in [4.69, 9.17) is 9.47 Å². The molecule has 2 aliphatic rings. The van der Waals surface area contributed by atoms with Crippen molar-refractivity contribution < 1.29 is 19.1 Å². The molecule has 0 bridgehead atoms. The van der Waals surface area contributed by atoms with E-state index in [9.17, 15) is 9.59 Å². The van der Waals surface area contributed by atoms with Gasteiger partial charge >= 0.3 is 0 Å². The molecule has 0 spiro atoms. The van der Waals surface area contributed by atoms with Crippen molar-refractivity contribution in [3.63, 3.8) is 0 Å². The van der Waals surface area contributed by atoms with Crippen LogP contribution >= 0.6 is 15.9 Å². The fourth-order valence-corrected chi connectivity index (χ4v) is 3.51. The van der Waals surface area contributed by atoms with Gasteiger partial charge in [0.25, 0.3) is 0 Å². The van der Waals surface area contributed by atoms with Gasteiger partial charge < -0.3 is 9.47 Å². The summed E-state index contributed by atoms with van der Waals surface area (Å²) in [5.41, 5.74) is 3.77. The lowest BCUT2D eigenvalue weighted by atomic mass is 10.1. The maximum atomic E-state index is 11.4. The number of ketones is 2. The Hall–Kier alpha value is -2.18. The fourth-order valence-electron chi connectivity index (χ4n) is 3.16. The molecule has 28 heavy (non-hydrogen) atoms. The molecule has 0 N–H and O–H groups in total. The number of alkyl halides is 1. The van der Waals surface area contributed by atoms with Crippen molar-refractivity contribution in [3.05, 3.63) is 58.7 Å². The van der Waals surface area contributed by atoms with Crippen LogP contribution in [0.25, 0.3) is 0 Å². The van der Waals surface area contributed by atoms with Crippen LogP contribution in [0.4, 0.5) is 0 Å². The number of nitrogens with zero attached hydrogens (tertiary/aromatic N) is 1. The number of fused-ring (bicyclic) bond motifs is 2. The summed E-state index contributed by atoms with van der Waals surface area (Å²) in [6, 6.07) is 11.5. The molecule has 6 heteroatoms. The topological polar surface area (TPSA) is 55.8 Å². The Balaban J connectivity index is 0.000000167. The van der Waals surface area contributed by atoms with Crippen molar-refractivity contribution in [2.45, 2.75) is 25.7 Å². The highest BCUT2D eigenvalue weighted by molar-refractivity contribution is 9.08. The van der Waals surface area contributed by atoms with Crippen molar-refractivity contribution in [1.82, 2.24) is 4.90 Å². The number of carbonyl (C=O) groups is 2. The van der Waals surface area contributed by atoms with E-state index in [1.165, 1.54) is 5.56 Å². The summed E-state index contributed by atoms with van der Waals surface area (Å²) in [7, 11) is 0. The third-order valence-corrected chi connectivity index (χ3v) is 5.51. The molecule has 2 aliphatic heterocycles. The molecule has 0 atom stereocenters. The van der Waals surface area contributed by atoms with E-state index in [1.54, 1.807) is 0 Å². The van der Waals surface area contributed by atoms with Gasteiger partial charge in [-0.05, 0) is 48.5 Å². The lowest BCUT2D eigenvalue weighted by Crippen LogP contribution is -2.22. The zero-order valence-corrected chi connectivity index (χ0v) is 17.8. The highest BCUT2D eigenvalue weighted by atomic mass is 79.9. The molecule has 0 aromatic heterocycles. The summed E-state index contributed by atoms with van der Waals surface area (Å²) < 4.78 is 10.5. The molecule has 0 saturated heterocycles. The van der Waals surface area contributed by atoms with Crippen molar-refractivity contribution in [2.75, 3.05) is 26.3 Å². The van der Waals surface area contributed by atoms with Gasteiger partial charge in [0.2, 0.25) is 11.6 Å². The SMILES string of the molecule is CCN(CC)Cc1ccc2c(c1)OCC2=O.O=C1COc2cc(CBr)ccc21. The second kappa shape index (κ2) is 9.34. The lowest BCUT2D eigenvalue weighted by molar-refractivity contribution is 0.0954. The first kappa shape index (κ1) is 20.6. The Morgan fingerprint density at radius 1 is 0.857 bits per heavy atom. The number of ether oxygens (including phenoxy) is 2. The maximum Gasteiger partial charge on any atom is 0.203 e. The van der Waals surface area contributed by atoms with Crippen molar-refractivity contribution in [3.8, 4) is 11.5 Å². The van der Waals surface area contributed by atoms with E-state index in [0.717, 1.165) is 47.6 Å². The minimum atomic E-state index is 0.0751. The van der Waals surface area contributed by atoms with Gasteiger partial charge in [0.05, 0.1) is 11.1 Å². The molecule has 0 fully saturated rings. The Kier molecular flexibility index (Phi) is 6.86. The Bertz CT molecular complexity index is 877. The Labute approximate surface area is 173 Å². The van der Waals surface area contributed by atoms with E-state index in [-0.39, 0.29) is 24.8 Å². The smallest absolute Gasteiger partial charge is 0.203 e. The number of benzene rings is 2. The van der Waals surface area contributed by atoms with Gasteiger partial charge in [-0.25, -0.2) is 0 Å². The van der Waals surface area contributed by atoms with Gasteiger partial charge in [-0.15, -0.1) is 0 Å². The van der Waals surface area contributed by atoms with Crippen LogP contribution in [0, 0.1) is 0 Å². The van der Waals surface area contributed by atoms with Crippen LogP contribution in [0.15, 0.2) is 36.4 Å². The molecule has 2 aromatic carbocycles. The van der Waals surface area contributed by atoms with E-state index < -0.39 is 0 Å². The molecular weight excluding hydrogens is 422 g/mol. The second-order valence-corrected chi connectivity index (χ2v) is 7.24. The van der Waals surface area contributed by atoms with E-state index >= 15 is 0 Å². The predicted octanol–water partition coefficient (Wildman–Crippen LogP) is 4.26. The molecule has 5 nitrogen and oxygen atoms in total. The molecule has 4 rings (SSSR count). The summed E-state index contributed by atoms with van der Waals surface area (Å²) >= 11 is 3.34. The minimum Gasteiger partial charge on any atom is -0.485 e. The zero-order valence-electron chi connectivity index (χ0n) is 16.2. The standard InChI is InChI=1S/C13H17NO2.C9H7BrO2/c1-3-14(4-2)8-10-5-6-11-12(15)9-16-13(11)7-10;10-4-6-1-2-7-8(11)5-12-9(7)3-6/h5-7H,3-4,8-9H2,1-2H3;1-3H,4-5H2. The summed E-state index contributed by atoms with van der Waals surface area (Å²) in [6.07, 6.45) is 0. The van der Waals surface area contributed by atoms with E-state index in [2.05, 4.69) is 34.7 Å². The van der Waals surface area contributed by atoms with Crippen LogP contribution in [-0.4, -0.2) is 42.8 Å². The lowest BCUT2D eigenvalue weighted by Gasteiger charge is -2.18. The number of hydrogen-bond donors (Lipinski definition) is 0. The fraction of sp³-hybridized carbons (Fsp3) is 0.364. The van der Waals surface area contributed by atoms with Gasteiger partial charge in [0, 0.05) is 11.9 Å². The van der Waals surface area contributed by atoms with Crippen molar-refractivity contribution in [1.29, 1.82) is 0 Å². The normalized spacial score (nSPS) is 14.1. The van der Waals surface area contributed by atoms with Gasteiger partial charge in [-0.2, -0.15) is 0 Å². The molecule has 0 radical (unpaired) electrons. The number of halogens is 1. The molecule has 148 valence electrons. The Morgan fingerprint density at radius 2 is 1.36 bits per heavy atom. The number of rotatable bonds is 5. The molecule has 2 aromatic rings. The van der Waals surface area contributed by atoms with E-state index in [0.29, 0.717) is 5.56 Å². The first-order chi connectivity index (χ1) is 13.5. The van der Waals surface area contributed by atoms with Crippen LogP contribution in [0.3, 0.4) is 0 Å². The van der Waals surface area contributed by atoms with Crippen LogP contribution in [0.1, 0.15) is 45.7 Å². The molecule has 0 aliphatic carbocycles. The van der Waals surface area contributed by atoms with E-state index in [1.807, 2.05) is 36.4 Å². The van der Waals surface area contributed by atoms with Crippen LogP contribution < -0.4 is 9.47 Å². The van der Waals surface area contributed by atoms with Crippen molar-refractivity contribution in [2.24, 2.45) is 0 Å². The number of Topliss-reactive ketones (excluding diaryl/α,β-unsaturated/α-hetero) is 2. The predicted molar refractivity (Wildman–Crippen MR) is 112 cm³/mol. The Morgan fingerprint density at radius 3 is 1.86 bits per heavy atom. The third kappa shape index (κ3) is 4.62.